The number of amides is 1. The summed E-state index contributed by atoms with van der Waals surface area (Å²) >= 11 is 0. The van der Waals surface area contributed by atoms with Gasteiger partial charge in [0.1, 0.15) is 13.2 Å². The van der Waals surface area contributed by atoms with Crippen molar-refractivity contribution >= 4 is 18.3 Å². The second-order valence-electron chi connectivity index (χ2n) is 5.59. The molecule has 2 heterocycles. The van der Waals surface area contributed by atoms with Crippen LogP contribution in [-0.2, 0) is 9.53 Å². The molecule has 0 spiro atoms. The van der Waals surface area contributed by atoms with E-state index >= 15 is 0 Å². The molecule has 2 unspecified atom stereocenters. The van der Waals surface area contributed by atoms with E-state index < -0.39 is 0 Å². The zero-order valence-corrected chi connectivity index (χ0v) is 14.0. The van der Waals surface area contributed by atoms with E-state index in [2.05, 4.69) is 10.6 Å². The highest BCUT2D eigenvalue weighted by atomic mass is 35.5. The van der Waals surface area contributed by atoms with Crippen LogP contribution in [-0.4, -0.2) is 44.9 Å². The summed E-state index contributed by atoms with van der Waals surface area (Å²) in [5, 5.41) is 6.23. The molecular formula is C16H23ClN2O4. The number of benzene rings is 1. The standard InChI is InChI=1S/C16H22N2O4.ClH/c1-11(18-16(19)9-13-10-17-4-5-20-13)12-2-3-14-15(8-12)22-7-6-21-14;/h2-3,8,11,13,17H,4-7,9-10H2,1H3,(H,18,19);1H. The fourth-order valence-corrected chi connectivity index (χ4v) is 2.67. The number of fused-ring (bicyclic) bond motifs is 1. The third-order valence-electron chi connectivity index (χ3n) is 3.86. The summed E-state index contributed by atoms with van der Waals surface area (Å²) in [4.78, 5) is 12.1. The number of ether oxygens (including phenoxy) is 3. The fourth-order valence-electron chi connectivity index (χ4n) is 2.67. The third-order valence-corrected chi connectivity index (χ3v) is 3.86. The van der Waals surface area contributed by atoms with Gasteiger partial charge >= 0.3 is 0 Å². The van der Waals surface area contributed by atoms with Crippen molar-refractivity contribution in [3.05, 3.63) is 23.8 Å². The first kappa shape index (κ1) is 17.8. The summed E-state index contributed by atoms with van der Waals surface area (Å²) in [5.41, 5.74) is 1.00. The summed E-state index contributed by atoms with van der Waals surface area (Å²) < 4.78 is 16.6. The predicted molar refractivity (Wildman–Crippen MR) is 88.5 cm³/mol. The van der Waals surface area contributed by atoms with E-state index in [1.807, 2.05) is 25.1 Å². The number of rotatable bonds is 4. The summed E-state index contributed by atoms with van der Waals surface area (Å²) in [6, 6.07) is 5.69. The monoisotopic (exact) mass is 342 g/mol. The van der Waals surface area contributed by atoms with Crippen LogP contribution in [0.25, 0.3) is 0 Å². The van der Waals surface area contributed by atoms with Crippen LogP contribution in [0.4, 0.5) is 0 Å². The normalized spacial score (nSPS) is 21.0. The molecule has 1 fully saturated rings. The Balaban J connectivity index is 0.00000192. The van der Waals surface area contributed by atoms with Crippen molar-refractivity contribution in [3.63, 3.8) is 0 Å². The van der Waals surface area contributed by atoms with E-state index in [1.165, 1.54) is 0 Å². The number of hydrogen-bond acceptors (Lipinski definition) is 5. The number of carbonyl (C=O) groups excluding carboxylic acids is 1. The van der Waals surface area contributed by atoms with Gasteiger partial charge in [0.25, 0.3) is 0 Å². The van der Waals surface area contributed by atoms with Crippen LogP contribution < -0.4 is 20.1 Å². The van der Waals surface area contributed by atoms with E-state index in [-0.39, 0.29) is 30.5 Å². The number of nitrogens with one attached hydrogen (secondary N) is 2. The molecule has 6 nitrogen and oxygen atoms in total. The van der Waals surface area contributed by atoms with Crippen molar-refractivity contribution in [2.24, 2.45) is 0 Å². The van der Waals surface area contributed by atoms with E-state index in [0.29, 0.717) is 26.2 Å². The van der Waals surface area contributed by atoms with Gasteiger partial charge in [-0.2, -0.15) is 0 Å². The van der Waals surface area contributed by atoms with Gasteiger partial charge in [0.2, 0.25) is 5.91 Å². The van der Waals surface area contributed by atoms with Gasteiger partial charge in [-0.3, -0.25) is 4.79 Å². The summed E-state index contributed by atoms with van der Waals surface area (Å²) in [6.07, 6.45) is 0.336. The Morgan fingerprint density at radius 3 is 2.83 bits per heavy atom. The van der Waals surface area contributed by atoms with Crippen LogP contribution in [0.2, 0.25) is 0 Å². The number of morpholine rings is 1. The fraction of sp³-hybridized carbons (Fsp3) is 0.562. The van der Waals surface area contributed by atoms with Crippen LogP contribution in [0, 0.1) is 0 Å². The highest BCUT2D eigenvalue weighted by molar-refractivity contribution is 5.85. The van der Waals surface area contributed by atoms with Gasteiger partial charge in [-0.1, -0.05) is 6.07 Å². The maximum Gasteiger partial charge on any atom is 0.223 e. The van der Waals surface area contributed by atoms with Crippen LogP contribution >= 0.6 is 12.4 Å². The first-order valence-electron chi connectivity index (χ1n) is 7.73. The van der Waals surface area contributed by atoms with Crippen molar-refractivity contribution < 1.29 is 19.0 Å². The maximum absolute atomic E-state index is 12.1. The van der Waals surface area contributed by atoms with Gasteiger partial charge in [0.05, 0.1) is 25.2 Å². The van der Waals surface area contributed by atoms with E-state index in [1.54, 1.807) is 0 Å². The van der Waals surface area contributed by atoms with E-state index in [9.17, 15) is 4.79 Å². The molecule has 3 rings (SSSR count). The van der Waals surface area contributed by atoms with Gasteiger partial charge in [-0.05, 0) is 24.6 Å². The molecule has 7 heteroatoms. The molecule has 0 saturated carbocycles. The smallest absolute Gasteiger partial charge is 0.223 e. The Morgan fingerprint density at radius 1 is 1.30 bits per heavy atom. The lowest BCUT2D eigenvalue weighted by molar-refractivity contribution is -0.125. The van der Waals surface area contributed by atoms with E-state index in [4.69, 9.17) is 14.2 Å². The van der Waals surface area contributed by atoms with Gasteiger partial charge in [0.15, 0.2) is 11.5 Å². The summed E-state index contributed by atoms with van der Waals surface area (Å²) in [6.45, 7) is 5.34. The quantitative estimate of drug-likeness (QED) is 0.866. The van der Waals surface area contributed by atoms with Crippen LogP contribution in [0.5, 0.6) is 11.5 Å². The molecule has 1 saturated heterocycles. The Hall–Kier alpha value is -1.50. The highest BCUT2D eigenvalue weighted by Crippen LogP contribution is 2.32. The molecule has 1 aromatic rings. The van der Waals surface area contributed by atoms with Crippen LogP contribution in [0.3, 0.4) is 0 Å². The predicted octanol–water partition coefficient (Wildman–Crippen LogP) is 1.44. The number of carbonyl (C=O) groups is 1. The summed E-state index contributed by atoms with van der Waals surface area (Å²) in [5.74, 6) is 1.50. The largest absolute Gasteiger partial charge is 0.486 e. The first-order valence-corrected chi connectivity index (χ1v) is 7.73. The Labute approximate surface area is 142 Å². The van der Waals surface area contributed by atoms with Gasteiger partial charge in [-0.15, -0.1) is 12.4 Å². The first-order chi connectivity index (χ1) is 10.7. The molecule has 0 aromatic heterocycles. The SMILES string of the molecule is CC(NC(=O)CC1CNCCO1)c1ccc2c(c1)OCCO2.Cl. The minimum atomic E-state index is -0.0834. The molecule has 23 heavy (non-hydrogen) atoms. The Bertz CT molecular complexity index is 535. The minimum Gasteiger partial charge on any atom is -0.486 e. The van der Waals surface area contributed by atoms with Crippen LogP contribution in [0.15, 0.2) is 18.2 Å². The maximum atomic E-state index is 12.1. The number of halogens is 1. The van der Waals surface area contributed by atoms with Crippen LogP contribution in [0.1, 0.15) is 24.9 Å². The molecule has 0 bridgehead atoms. The Morgan fingerprint density at radius 2 is 2.09 bits per heavy atom. The van der Waals surface area contributed by atoms with Gasteiger partial charge in [0, 0.05) is 13.1 Å². The summed E-state index contributed by atoms with van der Waals surface area (Å²) in [7, 11) is 0. The second-order valence-corrected chi connectivity index (χ2v) is 5.59. The zero-order chi connectivity index (χ0) is 15.4. The average Bonchev–Trinajstić information content (AvgIpc) is 2.55. The molecule has 0 radical (unpaired) electrons. The zero-order valence-electron chi connectivity index (χ0n) is 13.2. The molecule has 2 N–H and O–H groups in total. The van der Waals surface area contributed by atoms with Crippen molar-refractivity contribution in [2.45, 2.75) is 25.5 Å². The number of hydrogen-bond donors (Lipinski definition) is 2. The molecule has 2 aliphatic rings. The molecule has 1 amide bonds. The minimum absolute atomic E-state index is 0. The van der Waals surface area contributed by atoms with Crippen molar-refractivity contribution in [2.75, 3.05) is 32.9 Å². The highest BCUT2D eigenvalue weighted by Gasteiger charge is 2.20. The molecule has 2 aliphatic heterocycles. The van der Waals surface area contributed by atoms with Gasteiger partial charge in [-0.25, -0.2) is 0 Å². The van der Waals surface area contributed by atoms with Crippen molar-refractivity contribution in [1.82, 2.24) is 10.6 Å². The molecule has 2 atom stereocenters. The molecule has 1 aromatic carbocycles. The lowest BCUT2D eigenvalue weighted by Gasteiger charge is -2.24. The van der Waals surface area contributed by atoms with E-state index in [0.717, 1.165) is 30.2 Å². The second kappa shape index (κ2) is 8.38. The average molecular weight is 343 g/mol. The molecular weight excluding hydrogens is 320 g/mol. The molecule has 0 aliphatic carbocycles. The molecule has 128 valence electrons. The Kier molecular flexibility index (Phi) is 6.50. The van der Waals surface area contributed by atoms with Crippen molar-refractivity contribution in [3.8, 4) is 11.5 Å². The lowest BCUT2D eigenvalue weighted by atomic mass is 10.1. The third kappa shape index (κ3) is 4.73. The topological polar surface area (TPSA) is 68.8 Å². The lowest BCUT2D eigenvalue weighted by Crippen LogP contribution is -2.41. The van der Waals surface area contributed by atoms with Crippen molar-refractivity contribution in [1.29, 1.82) is 0 Å². The van der Waals surface area contributed by atoms with Gasteiger partial charge < -0.3 is 24.8 Å².